The number of benzene rings is 1. The van der Waals surface area contributed by atoms with Gasteiger partial charge in [0.25, 0.3) is 0 Å². The maximum atomic E-state index is 12.7. The van der Waals surface area contributed by atoms with Gasteiger partial charge in [-0.05, 0) is 31.4 Å². The van der Waals surface area contributed by atoms with Gasteiger partial charge in [0, 0.05) is 12.8 Å². The van der Waals surface area contributed by atoms with Gasteiger partial charge in [-0.2, -0.15) is 0 Å². The Bertz CT molecular complexity index is 715. The van der Waals surface area contributed by atoms with Crippen LogP contribution in [-0.4, -0.2) is 18.5 Å². The van der Waals surface area contributed by atoms with E-state index in [1.807, 2.05) is 0 Å². The van der Waals surface area contributed by atoms with Gasteiger partial charge in [0.15, 0.2) is 11.5 Å². The van der Waals surface area contributed by atoms with Gasteiger partial charge in [-0.15, -0.1) is 0 Å². The Hall–Kier alpha value is -2.04. The molecule has 0 aliphatic heterocycles. The number of rotatable bonds is 24. The van der Waals surface area contributed by atoms with Crippen molar-refractivity contribution in [2.24, 2.45) is 0 Å². The highest BCUT2D eigenvalue weighted by Crippen LogP contribution is 2.38. The zero-order chi connectivity index (χ0) is 27.0. The smallest absolute Gasteiger partial charge is 0.311 e. The monoisotopic (exact) mass is 518 g/mol. The van der Waals surface area contributed by atoms with Crippen LogP contribution in [0, 0.1) is 0 Å². The topological polar surface area (TPSA) is 61.8 Å². The van der Waals surface area contributed by atoms with Crippen LogP contribution < -0.4 is 14.2 Å². The van der Waals surface area contributed by atoms with E-state index in [0.29, 0.717) is 25.2 Å². The quantitative estimate of drug-likeness (QED) is 0.0774. The fourth-order valence-corrected chi connectivity index (χ4v) is 4.29. The van der Waals surface area contributed by atoms with Crippen molar-refractivity contribution in [2.45, 2.75) is 149 Å². The Morgan fingerprint density at radius 3 is 1.51 bits per heavy atom. The molecule has 0 bridgehead atoms. The average Bonchev–Trinajstić information content (AvgIpc) is 2.89. The Balaban J connectivity index is 2.64. The van der Waals surface area contributed by atoms with E-state index in [9.17, 15) is 9.59 Å². The van der Waals surface area contributed by atoms with Crippen molar-refractivity contribution < 1.29 is 23.8 Å². The summed E-state index contributed by atoms with van der Waals surface area (Å²) in [6.07, 6.45) is 21.0. The Morgan fingerprint density at radius 1 is 0.541 bits per heavy atom. The number of hydrogen-bond donors (Lipinski definition) is 0. The third-order valence-corrected chi connectivity index (χ3v) is 6.61. The SMILES string of the molecule is CCCCCCCCCC(=O)Oc1cccc(OCCCCCC)c1OC(=O)CCCCCCCCC. The molecule has 0 fully saturated rings. The molecule has 0 aliphatic carbocycles. The fraction of sp³-hybridized carbons (Fsp3) is 0.750. The van der Waals surface area contributed by atoms with Crippen molar-refractivity contribution in [3.05, 3.63) is 18.2 Å². The lowest BCUT2D eigenvalue weighted by Gasteiger charge is -2.15. The van der Waals surface area contributed by atoms with Gasteiger partial charge in [0.1, 0.15) is 0 Å². The first-order chi connectivity index (χ1) is 18.1. The summed E-state index contributed by atoms with van der Waals surface area (Å²) in [5.74, 6) is 0.370. The molecular weight excluding hydrogens is 464 g/mol. The minimum atomic E-state index is -0.306. The molecule has 0 aliphatic rings. The summed E-state index contributed by atoms with van der Waals surface area (Å²) in [4.78, 5) is 25.2. The van der Waals surface area contributed by atoms with Gasteiger partial charge in [0.05, 0.1) is 6.61 Å². The molecule has 0 aromatic heterocycles. The lowest BCUT2D eigenvalue weighted by atomic mass is 10.1. The van der Waals surface area contributed by atoms with Gasteiger partial charge >= 0.3 is 11.9 Å². The zero-order valence-electron chi connectivity index (χ0n) is 24.1. The van der Waals surface area contributed by atoms with E-state index in [4.69, 9.17) is 14.2 Å². The number of hydrogen-bond acceptors (Lipinski definition) is 5. The van der Waals surface area contributed by atoms with Gasteiger partial charge in [-0.1, -0.05) is 123 Å². The van der Waals surface area contributed by atoms with E-state index in [1.54, 1.807) is 18.2 Å². The molecule has 0 saturated heterocycles. The summed E-state index contributed by atoms with van der Waals surface area (Å²) >= 11 is 0. The van der Waals surface area contributed by atoms with Crippen LogP contribution in [0.1, 0.15) is 149 Å². The highest BCUT2D eigenvalue weighted by molar-refractivity contribution is 5.77. The van der Waals surface area contributed by atoms with E-state index in [2.05, 4.69) is 20.8 Å². The van der Waals surface area contributed by atoms with Gasteiger partial charge in [0.2, 0.25) is 5.75 Å². The van der Waals surface area contributed by atoms with Crippen molar-refractivity contribution in [1.29, 1.82) is 0 Å². The molecule has 0 unspecified atom stereocenters. The predicted molar refractivity (Wildman–Crippen MR) is 153 cm³/mol. The number of carbonyl (C=O) groups excluding carboxylic acids is 2. The van der Waals surface area contributed by atoms with Crippen molar-refractivity contribution in [2.75, 3.05) is 6.61 Å². The van der Waals surface area contributed by atoms with Crippen LogP contribution in [0.15, 0.2) is 18.2 Å². The second-order valence-corrected chi connectivity index (χ2v) is 10.2. The molecule has 0 spiro atoms. The van der Waals surface area contributed by atoms with Gasteiger partial charge in [-0.25, -0.2) is 0 Å². The van der Waals surface area contributed by atoms with Crippen LogP contribution in [0.25, 0.3) is 0 Å². The Morgan fingerprint density at radius 2 is 0.973 bits per heavy atom. The molecule has 1 aromatic rings. The van der Waals surface area contributed by atoms with Crippen LogP contribution in [0.2, 0.25) is 0 Å². The van der Waals surface area contributed by atoms with Gasteiger partial charge in [-0.3, -0.25) is 9.59 Å². The molecule has 37 heavy (non-hydrogen) atoms. The summed E-state index contributed by atoms with van der Waals surface area (Å²) in [6, 6.07) is 5.25. The van der Waals surface area contributed by atoms with Crippen LogP contribution >= 0.6 is 0 Å². The third kappa shape index (κ3) is 17.2. The molecule has 1 aromatic carbocycles. The lowest BCUT2D eigenvalue weighted by Crippen LogP contribution is -2.13. The van der Waals surface area contributed by atoms with E-state index in [1.165, 1.54) is 57.8 Å². The Kier molecular flexibility index (Phi) is 20.6. The average molecular weight is 519 g/mol. The summed E-state index contributed by atoms with van der Waals surface area (Å²) < 4.78 is 17.4. The zero-order valence-corrected chi connectivity index (χ0v) is 24.1. The normalized spacial score (nSPS) is 10.9. The van der Waals surface area contributed by atoms with Crippen LogP contribution in [0.3, 0.4) is 0 Å². The maximum absolute atomic E-state index is 12.7. The molecule has 0 radical (unpaired) electrons. The summed E-state index contributed by atoms with van der Waals surface area (Å²) in [5.41, 5.74) is 0. The standard InChI is InChI=1S/C32H54O5/c1-4-7-10-13-15-17-19-25-30(33)36-29-24-22-23-28(35-27-21-12-9-6-3)32(29)37-31(34)26-20-18-16-14-11-8-5-2/h22-24H,4-21,25-27H2,1-3H3. The second kappa shape index (κ2) is 23.1. The summed E-state index contributed by atoms with van der Waals surface area (Å²) in [6.45, 7) is 7.14. The molecule has 5 nitrogen and oxygen atoms in total. The van der Waals surface area contributed by atoms with Crippen LogP contribution in [-0.2, 0) is 9.59 Å². The number of ether oxygens (including phenoxy) is 3. The van der Waals surface area contributed by atoms with Crippen LogP contribution in [0.5, 0.6) is 17.2 Å². The molecule has 0 amide bonds. The minimum Gasteiger partial charge on any atom is -0.490 e. The van der Waals surface area contributed by atoms with E-state index >= 15 is 0 Å². The van der Waals surface area contributed by atoms with E-state index in [0.717, 1.165) is 57.8 Å². The van der Waals surface area contributed by atoms with Crippen LogP contribution in [0.4, 0.5) is 0 Å². The largest absolute Gasteiger partial charge is 0.490 e. The second-order valence-electron chi connectivity index (χ2n) is 10.2. The van der Waals surface area contributed by atoms with Crippen molar-refractivity contribution in [1.82, 2.24) is 0 Å². The molecular formula is C32H54O5. The first-order valence-electron chi connectivity index (χ1n) is 15.3. The number of carbonyl (C=O) groups is 2. The lowest BCUT2D eigenvalue weighted by molar-refractivity contribution is -0.137. The molecule has 0 heterocycles. The summed E-state index contributed by atoms with van der Waals surface area (Å²) in [5, 5.41) is 0. The third-order valence-electron chi connectivity index (χ3n) is 6.61. The molecule has 0 atom stereocenters. The fourth-order valence-electron chi connectivity index (χ4n) is 4.29. The first kappa shape index (κ1) is 33.0. The number of para-hydroxylation sites is 1. The number of unbranched alkanes of at least 4 members (excludes halogenated alkanes) is 15. The highest BCUT2D eigenvalue weighted by atomic mass is 16.6. The molecule has 5 heteroatoms. The minimum absolute atomic E-state index is 0.235. The highest BCUT2D eigenvalue weighted by Gasteiger charge is 2.19. The first-order valence-corrected chi connectivity index (χ1v) is 15.3. The van der Waals surface area contributed by atoms with E-state index in [-0.39, 0.29) is 23.4 Å². The summed E-state index contributed by atoms with van der Waals surface area (Å²) in [7, 11) is 0. The molecule has 0 N–H and O–H groups in total. The Labute approximate surface area is 227 Å². The molecule has 1 rings (SSSR count). The van der Waals surface area contributed by atoms with Crippen molar-refractivity contribution >= 4 is 11.9 Å². The predicted octanol–water partition coefficient (Wildman–Crippen LogP) is 9.74. The van der Waals surface area contributed by atoms with Gasteiger partial charge < -0.3 is 14.2 Å². The molecule has 0 saturated carbocycles. The van der Waals surface area contributed by atoms with E-state index < -0.39 is 0 Å². The maximum Gasteiger partial charge on any atom is 0.311 e. The van der Waals surface area contributed by atoms with Crippen molar-refractivity contribution in [3.8, 4) is 17.2 Å². The molecule has 212 valence electrons. The number of esters is 2. The van der Waals surface area contributed by atoms with Crippen molar-refractivity contribution in [3.63, 3.8) is 0 Å².